The van der Waals surface area contributed by atoms with E-state index in [4.69, 9.17) is 11.6 Å². The number of halogens is 1. The molecule has 0 aliphatic heterocycles. The van der Waals surface area contributed by atoms with Crippen LogP contribution in [0.2, 0.25) is 5.02 Å². The maximum atomic E-state index is 9.48. The smallest absolute Gasteiger partial charge is 0.117 e. The van der Waals surface area contributed by atoms with E-state index in [1.165, 1.54) is 0 Å². The van der Waals surface area contributed by atoms with E-state index in [0.29, 0.717) is 5.02 Å². The summed E-state index contributed by atoms with van der Waals surface area (Å²) in [6.45, 7) is 0. The third kappa shape index (κ3) is 1.65. The molecule has 0 aliphatic carbocycles. The molecule has 1 heterocycles. The van der Waals surface area contributed by atoms with E-state index in [-0.39, 0.29) is 5.75 Å². The Bertz CT molecular complexity index is 691. The Morgan fingerprint density at radius 3 is 2.76 bits per heavy atom. The summed E-state index contributed by atoms with van der Waals surface area (Å²) >= 11 is 6.17. The van der Waals surface area contributed by atoms with Crippen molar-refractivity contribution in [1.29, 1.82) is 0 Å². The Hall–Kier alpha value is -2.00. The number of phenolic OH excluding ortho intramolecular Hbond substituents is 1. The molecular formula is C13H9ClN2O. The van der Waals surface area contributed by atoms with Gasteiger partial charge < -0.3 is 5.11 Å². The number of nitrogens with zero attached hydrogens (tertiary/aromatic N) is 2. The standard InChI is InChI=1S/C13H9ClN2O/c14-12-6-1-3-9-8-15-16(13(9)12)10-4-2-5-11(17)7-10/h1-8,17H. The van der Waals surface area contributed by atoms with Crippen LogP contribution in [0.4, 0.5) is 0 Å². The van der Waals surface area contributed by atoms with Crippen LogP contribution in [0.15, 0.2) is 48.7 Å². The van der Waals surface area contributed by atoms with Crippen molar-refractivity contribution in [2.45, 2.75) is 0 Å². The highest BCUT2D eigenvalue weighted by atomic mass is 35.5. The van der Waals surface area contributed by atoms with Crippen molar-refractivity contribution in [1.82, 2.24) is 9.78 Å². The lowest BCUT2D eigenvalue weighted by molar-refractivity contribution is 0.475. The first-order chi connectivity index (χ1) is 8.25. The fourth-order valence-electron chi connectivity index (χ4n) is 1.86. The van der Waals surface area contributed by atoms with Gasteiger partial charge >= 0.3 is 0 Å². The molecular weight excluding hydrogens is 236 g/mol. The molecule has 3 nitrogen and oxygen atoms in total. The van der Waals surface area contributed by atoms with Crippen LogP contribution in [-0.4, -0.2) is 14.9 Å². The molecule has 0 fully saturated rings. The first-order valence-corrected chi connectivity index (χ1v) is 5.55. The maximum Gasteiger partial charge on any atom is 0.117 e. The van der Waals surface area contributed by atoms with Crippen molar-refractivity contribution in [3.8, 4) is 11.4 Å². The first-order valence-electron chi connectivity index (χ1n) is 5.17. The maximum absolute atomic E-state index is 9.48. The Balaban J connectivity index is 2.31. The van der Waals surface area contributed by atoms with Gasteiger partial charge in [-0.25, -0.2) is 4.68 Å². The molecule has 0 amide bonds. The minimum Gasteiger partial charge on any atom is -0.508 e. The Morgan fingerprint density at radius 2 is 1.94 bits per heavy atom. The molecule has 17 heavy (non-hydrogen) atoms. The molecule has 2 aromatic carbocycles. The van der Waals surface area contributed by atoms with Gasteiger partial charge in [-0.1, -0.05) is 29.8 Å². The number of fused-ring (bicyclic) bond motifs is 1. The van der Waals surface area contributed by atoms with Crippen molar-refractivity contribution in [2.24, 2.45) is 0 Å². The van der Waals surface area contributed by atoms with Crippen LogP contribution in [0.1, 0.15) is 0 Å². The monoisotopic (exact) mass is 244 g/mol. The predicted molar refractivity (Wildman–Crippen MR) is 67.7 cm³/mol. The topological polar surface area (TPSA) is 38.0 Å². The van der Waals surface area contributed by atoms with E-state index < -0.39 is 0 Å². The average Bonchev–Trinajstić information content (AvgIpc) is 2.74. The zero-order valence-electron chi connectivity index (χ0n) is 8.84. The molecule has 0 spiro atoms. The number of hydrogen-bond donors (Lipinski definition) is 1. The van der Waals surface area contributed by atoms with E-state index >= 15 is 0 Å². The summed E-state index contributed by atoms with van der Waals surface area (Å²) in [6.07, 6.45) is 1.76. The number of rotatable bonds is 1. The highest BCUT2D eigenvalue weighted by molar-refractivity contribution is 6.35. The molecule has 0 aliphatic rings. The van der Waals surface area contributed by atoms with Crippen molar-refractivity contribution >= 4 is 22.5 Å². The number of aromatic hydroxyl groups is 1. The summed E-state index contributed by atoms with van der Waals surface area (Å²) in [4.78, 5) is 0. The fourth-order valence-corrected chi connectivity index (χ4v) is 2.12. The Morgan fingerprint density at radius 1 is 1.12 bits per heavy atom. The van der Waals surface area contributed by atoms with Crippen molar-refractivity contribution < 1.29 is 5.11 Å². The molecule has 0 saturated carbocycles. The van der Waals surface area contributed by atoms with Crippen LogP contribution in [0, 0.1) is 0 Å². The number of para-hydroxylation sites is 1. The molecule has 0 radical (unpaired) electrons. The third-order valence-electron chi connectivity index (χ3n) is 2.62. The predicted octanol–water partition coefficient (Wildman–Crippen LogP) is 3.38. The summed E-state index contributed by atoms with van der Waals surface area (Å²) in [5.41, 5.74) is 1.63. The zero-order chi connectivity index (χ0) is 11.8. The second kappa shape index (κ2) is 3.79. The lowest BCUT2D eigenvalue weighted by Crippen LogP contribution is -1.95. The van der Waals surface area contributed by atoms with Crippen LogP contribution in [0.3, 0.4) is 0 Å². The molecule has 4 heteroatoms. The van der Waals surface area contributed by atoms with Gasteiger partial charge in [0.25, 0.3) is 0 Å². The average molecular weight is 245 g/mol. The molecule has 3 rings (SSSR count). The van der Waals surface area contributed by atoms with Gasteiger partial charge in [0.05, 0.1) is 22.4 Å². The van der Waals surface area contributed by atoms with Crippen LogP contribution in [0.25, 0.3) is 16.6 Å². The lowest BCUT2D eigenvalue weighted by Gasteiger charge is -2.05. The third-order valence-corrected chi connectivity index (χ3v) is 2.92. The molecule has 0 unspecified atom stereocenters. The summed E-state index contributed by atoms with van der Waals surface area (Å²) in [6, 6.07) is 12.6. The van der Waals surface area contributed by atoms with Gasteiger partial charge in [-0.15, -0.1) is 0 Å². The highest BCUT2D eigenvalue weighted by Gasteiger charge is 2.08. The summed E-state index contributed by atoms with van der Waals surface area (Å²) in [5.74, 6) is 0.207. The number of benzene rings is 2. The number of aromatic nitrogens is 2. The van der Waals surface area contributed by atoms with Crippen molar-refractivity contribution in [3.05, 3.63) is 53.7 Å². The van der Waals surface area contributed by atoms with Gasteiger partial charge in [-0.05, 0) is 18.2 Å². The Kier molecular flexibility index (Phi) is 2.27. The normalized spacial score (nSPS) is 10.9. The van der Waals surface area contributed by atoms with Gasteiger partial charge in [0.1, 0.15) is 5.75 Å². The second-order valence-corrected chi connectivity index (χ2v) is 4.16. The van der Waals surface area contributed by atoms with Gasteiger partial charge in [0, 0.05) is 11.5 Å². The number of phenols is 1. The van der Waals surface area contributed by atoms with Crippen LogP contribution >= 0.6 is 11.6 Å². The van der Waals surface area contributed by atoms with E-state index in [1.807, 2.05) is 24.3 Å². The minimum atomic E-state index is 0.207. The zero-order valence-corrected chi connectivity index (χ0v) is 9.59. The van der Waals surface area contributed by atoms with Crippen molar-refractivity contribution in [2.75, 3.05) is 0 Å². The second-order valence-electron chi connectivity index (χ2n) is 3.75. The van der Waals surface area contributed by atoms with E-state index in [1.54, 1.807) is 29.1 Å². The van der Waals surface area contributed by atoms with Crippen LogP contribution < -0.4 is 0 Å². The highest BCUT2D eigenvalue weighted by Crippen LogP contribution is 2.26. The molecule has 0 saturated heterocycles. The molecule has 1 aromatic heterocycles. The van der Waals surface area contributed by atoms with Crippen LogP contribution in [0.5, 0.6) is 5.75 Å². The molecule has 84 valence electrons. The van der Waals surface area contributed by atoms with E-state index in [9.17, 15) is 5.11 Å². The fraction of sp³-hybridized carbons (Fsp3) is 0. The van der Waals surface area contributed by atoms with E-state index in [0.717, 1.165) is 16.6 Å². The Labute approximate surface area is 103 Å². The molecule has 0 atom stereocenters. The summed E-state index contributed by atoms with van der Waals surface area (Å²) in [5, 5.41) is 15.4. The molecule has 3 aromatic rings. The van der Waals surface area contributed by atoms with Crippen LogP contribution in [-0.2, 0) is 0 Å². The van der Waals surface area contributed by atoms with Crippen molar-refractivity contribution in [3.63, 3.8) is 0 Å². The SMILES string of the molecule is Oc1cccc(-n2ncc3cccc(Cl)c32)c1. The van der Waals surface area contributed by atoms with Gasteiger partial charge in [0.15, 0.2) is 0 Å². The first kappa shape index (κ1) is 10.2. The van der Waals surface area contributed by atoms with Gasteiger partial charge in [-0.3, -0.25) is 0 Å². The number of hydrogen-bond acceptors (Lipinski definition) is 2. The van der Waals surface area contributed by atoms with E-state index in [2.05, 4.69) is 5.10 Å². The minimum absolute atomic E-state index is 0.207. The van der Waals surface area contributed by atoms with Gasteiger partial charge in [0.2, 0.25) is 0 Å². The largest absolute Gasteiger partial charge is 0.508 e. The summed E-state index contributed by atoms with van der Waals surface area (Å²) in [7, 11) is 0. The van der Waals surface area contributed by atoms with Gasteiger partial charge in [-0.2, -0.15) is 5.10 Å². The molecule has 1 N–H and O–H groups in total. The quantitative estimate of drug-likeness (QED) is 0.713. The summed E-state index contributed by atoms with van der Waals surface area (Å²) < 4.78 is 1.72. The lowest BCUT2D eigenvalue weighted by atomic mass is 10.2. The molecule has 0 bridgehead atoms.